The lowest BCUT2D eigenvalue weighted by Gasteiger charge is -2.23. The van der Waals surface area contributed by atoms with Gasteiger partial charge in [-0.3, -0.25) is 9.89 Å². The highest BCUT2D eigenvalue weighted by molar-refractivity contribution is 7.13. The number of amides is 1. The number of nitrogens with one attached hydrogen (secondary N) is 3. The molecule has 0 atom stereocenters. The third kappa shape index (κ3) is 3.65. The van der Waals surface area contributed by atoms with Gasteiger partial charge in [0.05, 0.1) is 10.6 Å². The first-order chi connectivity index (χ1) is 12.3. The highest BCUT2D eigenvalue weighted by Crippen LogP contribution is 2.26. The van der Waals surface area contributed by atoms with Crippen LogP contribution < -0.4 is 10.6 Å². The molecule has 1 amide bonds. The molecule has 0 bridgehead atoms. The van der Waals surface area contributed by atoms with Crippen molar-refractivity contribution < 1.29 is 4.79 Å². The lowest BCUT2D eigenvalue weighted by Crippen LogP contribution is -2.26. The van der Waals surface area contributed by atoms with Gasteiger partial charge in [-0.15, -0.1) is 11.3 Å². The molecule has 3 heterocycles. The number of carbonyl (C=O) groups excluding carboxylic acids is 1. The Hall–Kier alpha value is -2.44. The van der Waals surface area contributed by atoms with E-state index in [4.69, 9.17) is 0 Å². The number of aromatic nitrogens is 2. The SMILES string of the molecule is O=C(Nc1ccc(C2CCNCC2)cc1)c1cc(-c2cccs2)[nH]n1. The number of hydrogen-bond acceptors (Lipinski definition) is 4. The van der Waals surface area contributed by atoms with Gasteiger partial charge in [0.25, 0.3) is 5.91 Å². The van der Waals surface area contributed by atoms with Gasteiger partial charge in [0.2, 0.25) is 0 Å². The molecule has 0 aliphatic carbocycles. The summed E-state index contributed by atoms with van der Waals surface area (Å²) in [5, 5.41) is 15.3. The van der Waals surface area contributed by atoms with Gasteiger partial charge in [0.1, 0.15) is 0 Å². The first kappa shape index (κ1) is 16.1. The molecule has 25 heavy (non-hydrogen) atoms. The molecule has 5 nitrogen and oxygen atoms in total. The average Bonchev–Trinajstić information content (AvgIpc) is 3.35. The van der Waals surface area contributed by atoms with E-state index in [-0.39, 0.29) is 5.91 Å². The lowest BCUT2D eigenvalue weighted by atomic mass is 9.90. The number of aromatic amines is 1. The molecule has 0 saturated carbocycles. The zero-order chi connectivity index (χ0) is 17.1. The zero-order valence-corrected chi connectivity index (χ0v) is 14.6. The fourth-order valence-corrected chi connectivity index (χ4v) is 3.88. The normalized spacial score (nSPS) is 15.2. The van der Waals surface area contributed by atoms with Crippen molar-refractivity contribution in [2.24, 2.45) is 0 Å². The molecule has 6 heteroatoms. The van der Waals surface area contributed by atoms with Gasteiger partial charge in [-0.1, -0.05) is 18.2 Å². The summed E-state index contributed by atoms with van der Waals surface area (Å²) in [4.78, 5) is 13.5. The van der Waals surface area contributed by atoms with Gasteiger partial charge in [-0.2, -0.15) is 5.10 Å². The first-order valence-electron chi connectivity index (χ1n) is 8.51. The molecule has 1 aromatic carbocycles. The summed E-state index contributed by atoms with van der Waals surface area (Å²) in [6.07, 6.45) is 2.34. The van der Waals surface area contributed by atoms with E-state index in [1.54, 1.807) is 17.4 Å². The van der Waals surface area contributed by atoms with Crippen LogP contribution in [0.1, 0.15) is 34.8 Å². The minimum atomic E-state index is -0.200. The Morgan fingerprint density at radius 1 is 1.16 bits per heavy atom. The van der Waals surface area contributed by atoms with Crippen LogP contribution in [0.15, 0.2) is 47.8 Å². The lowest BCUT2D eigenvalue weighted by molar-refractivity contribution is 0.102. The van der Waals surface area contributed by atoms with Crippen LogP contribution in [0, 0.1) is 0 Å². The molecule has 4 rings (SSSR count). The maximum atomic E-state index is 12.4. The van der Waals surface area contributed by atoms with Crippen molar-refractivity contribution in [3.63, 3.8) is 0 Å². The third-order valence-electron chi connectivity index (χ3n) is 4.58. The summed E-state index contributed by atoms with van der Waals surface area (Å²) in [6, 6.07) is 13.9. The molecule has 3 aromatic rings. The second kappa shape index (κ2) is 7.21. The van der Waals surface area contributed by atoms with Crippen LogP contribution in [0.2, 0.25) is 0 Å². The molecule has 1 saturated heterocycles. The van der Waals surface area contributed by atoms with Crippen molar-refractivity contribution in [2.45, 2.75) is 18.8 Å². The van der Waals surface area contributed by atoms with E-state index in [0.29, 0.717) is 11.6 Å². The third-order valence-corrected chi connectivity index (χ3v) is 5.48. The summed E-state index contributed by atoms with van der Waals surface area (Å²) >= 11 is 1.61. The Kier molecular flexibility index (Phi) is 4.63. The smallest absolute Gasteiger partial charge is 0.276 e. The average molecular weight is 352 g/mol. The minimum Gasteiger partial charge on any atom is -0.321 e. The van der Waals surface area contributed by atoms with Gasteiger partial charge in [-0.05, 0) is 67.1 Å². The van der Waals surface area contributed by atoms with Crippen molar-refractivity contribution >= 4 is 22.9 Å². The molecule has 2 aromatic heterocycles. The summed E-state index contributed by atoms with van der Waals surface area (Å²) in [5.41, 5.74) is 3.40. The topological polar surface area (TPSA) is 69.8 Å². The Balaban J connectivity index is 1.42. The summed E-state index contributed by atoms with van der Waals surface area (Å²) in [6.45, 7) is 2.16. The van der Waals surface area contributed by atoms with Gasteiger partial charge in [0.15, 0.2) is 5.69 Å². The largest absolute Gasteiger partial charge is 0.321 e. The van der Waals surface area contributed by atoms with E-state index in [1.807, 2.05) is 29.6 Å². The standard InChI is InChI=1S/C19H20N4OS/c24-19(17-12-16(22-23-17)18-2-1-11-25-18)21-15-5-3-13(4-6-15)14-7-9-20-10-8-14/h1-6,11-12,14,20H,7-10H2,(H,21,24)(H,22,23). The van der Waals surface area contributed by atoms with Crippen LogP contribution in [0.25, 0.3) is 10.6 Å². The summed E-state index contributed by atoms with van der Waals surface area (Å²) in [5.74, 6) is 0.416. The highest BCUT2D eigenvalue weighted by atomic mass is 32.1. The molecule has 3 N–H and O–H groups in total. The Labute approximate surface area is 150 Å². The molecular weight excluding hydrogens is 332 g/mol. The molecule has 1 aliphatic heterocycles. The van der Waals surface area contributed by atoms with Gasteiger partial charge in [0, 0.05) is 5.69 Å². The quantitative estimate of drug-likeness (QED) is 0.668. The molecular formula is C19H20N4OS. The van der Waals surface area contributed by atoms with Gasteiger partial charge < -0.3 is 10.6 Å². The second-order valence-electron chi connectivity index (χ2n) is 6.24. The van der Waals surface area contributed by atoms with Crippen molar-refractivity contribution in [3.8, 4) is 10.6 Å². The van der Waals surface area contributed by atoms with E-state index in [9.17, 15) is 4.79 Å². The monoisotopic (exact) mass is 352 g/mol. The predicted octanol–water partition coefficient (Wildman–Crippen LogP) is 3.86. The number of carbonyl (C=O) groups is 1. The minimum absolute atomic E-state index is 0.200. The van der Waals surface area contributed by atoms with Crippen LogP contribution in [0.5, 0.6) is 0 Å². The van der Waals surface area contributed by atoms with Crippen molar-refractivity contribution in [1.82, 2.24) is 15.5 Å². The number of anilines is 1. The summed E-state index contributed by atoms with van der Waals surface area (Å²) < 4.78 is 0. The zero-order valence-electron chi connectivity index (χ0n) is 13.8. The second-order valence-corrected chi connectivity index (χ2v) is 7.19. The first-order valence-corrected chi connectivity index (χ1v) is 9.39. The van der Waals surface area contributed by atoms with Gasteiger partial charge >= 0.3 is 0 Å². The maximum Gasteiger partial charge on any atom is 0.276 e. The number of nitrogens with zero attached hydrogens (tertiary/aromatic N) is 1. The Morgan fingerprint density at radius 3 is 2.68 bits per heavy atom. The molecule has 0 radical (unpaired) electrons. The van der Waals surface area contributed by atoms with Crippen molar-refractivity contribution in [3.05, 3.63) is 59.1 Å². The predicted molar refractivity (Wildman–Crippen MR) is 101 cm³/mol. The fourth-order valence-electron chi connectivity index (χ4n) is 3.19. The number of rotatable bonds is 4. The number of benzene rings is 1. The van der Waals surface area contributed by atoms with Crippen LogP contribution in [-0.2, 0) is 0 Å². The van der Waals surface area contributed by atoms with E-state index in [1.165, 1.54) is 18.4 Å². The van der Waals surface area contributed by atoms with E-state index in [0.717, 1.165) is 29.3 Å². The fraction of sp³-hybridized carbons (Fsp3) is 0.263. The van der Waals surface area contributed by atoms with Crippen LogP contribution >= 0.6 is 11.3 Å². The number of hydrogen-bond donors (Lipinski definition) is 3. The van der Waals surface area contributed by atoms with Gasteiger partial charge in [-0.25, -0.2) is 0 Å². The van der Waals surface area contributed by atoms with Crippen LogP contribution in [0.4, 0.5) is 5.69 Å². The van der Waals surface area contributed by atoms with E-state index < -0.39 is 0 Å². The van der Waals surface area contributed by atoms with Crippen molar-refractivity contribution in [2.75, 3.05) is 18.4 Å². The van der Waals surface area contributed by atoms with Crippen molar-refractivity contribution in [1.29, 1.82) is 0 Å². The van der Waals surface area contributed by atoms with Crippen LogP contribution in [0.3, 0.4) is 0 Å². The molecule has 0 spiro atoms. The Morgan fingerprint density at radius 2 is 1.96 bits per heavy atom. The highest BCUT2D eigenvalue weighted by Gasteiger charge is 2.16. The molecule has 1 fully saturated rings. The number of piperidine rings is 1. The number of H-pyrrole nitrogens is 1. The Bertz CT molecular complexity index is 833. The van der Waals surface area contributed by atoms with E-state index in [2.05, 4.69) is 33.0 Å². The molecule has 1 aliphatic rings. The molecule has 0 unspecified atom stereocenters. The van der Waals surface area contributed by atoms with E-state index >= 15 is 0 Å². The van der Waals surface area contributed by atoms with Crippen LogP contribution in [-0.4, -0.2) is 29.2 Å². The maximum absolute atomic E-state index is 12.4. The summed E-state index contributed by atoms with van der Waals surface area (Å²) in [7, 11) is 0. The molecule has 128 valence electrons. The number of thiophene rings is 1.